The van der Waals surface area contributed by atoms with Crippen molar-refractivity contribution in [1.29, 1.82) is 0 Å². The van der Waals surface area contributed by atoms with E-state index in [0.29, 0.717) is 24.7 Å². The molecule has 7 heteroatoms. The summed E-state index contributed by atoms with van der Waals surface area (Å²) in [5.41, 5.74) is 6.65. The molecule has 0 spiro atoms. The first-order valence-corrected chi connectivity index (χ1v) is 7.39. The second-order valence-electron chi connectivity index (χ2n) is 5.44. The molecule has 1 aromatic rings. The minimum absolute atomic E-state index is 0. The van der Waals surface area contributed by atoms with Crippen LogP contribution in [0.25, 0.3) is 0 Å². The fraction of sp³-hybridized carbons (Fsp3) is 0.467. The zero-order valence-corrected chi connectivity index (χ0v) is 14.1. The van der Waals surface area contributed by atoms with Crippen molar-refractivity contribution >= 4 is 35.8 Å². The van der Waals surface area contributed by atoms with Gasteiger partial charge >= 0.3 is 0 Å². The highest BCUT2D eigenvalue weighted by Crippen LogP contribution is 2.14. The quantitative estimate of drug-likeness (QED) is 0.902. The van der Waals surface area contributed by atoms with E-state index in [4.69, 9.17) is 17.3 Å². The van der Waals surface area contributed by atoms with Crippen LogP contribution in [0.2, 0.25) is 5.02 Å². The SMILES string of the molecule is CC(N)CC(=O)N1CCN(Cc2ccc(Cl)cc2)C(=O)C1.Cl. The van der Waals surface area contributed by atoms with Crippen LogP contribution in [-0.2, 0) is 16.1 Å². The summed E-state index contributed by atoms with van der Waals surface area (Å²) in [5.74, 6) is -0.0845. The van der Waals surface area contributed by atoms with E-state index >= 15 is 0 Å². The second kappa shape index (κ2) is 8.36. The Hall–Kier alpha value is -1.30. The van der Waals surface area contributed by atoms with Crippen molar-refractivity contribution in [3.05, 3.63) is 34.9 Å². The molecule has 1 aliphatic heterocycles. The Labute approximate surface area is 141 Å². The zero-order valence-electron chi connectivity index (χ0n) is 12.5. The highest BCUT2D eigenvalue weighted by molar-refractivity contribution is 6.30. The van der Waals surface area contributed by atoms with E-state index < -0.39 is 0 Å². The van der Waals surface area contributed by atoms with Gasteiger partial charge in [-0.15, -0.1) is 12.4 Å². The fourth-order valence-electron chi connectivity index (χ4n) is 2.30. The summed E-state index contributed by atoms with van der Waals surface area (Å²) in [6.45, 7) is 3.58. The molecule has 5 nitrogen and oxygen atoms in total. The van der Waals surface area contributed by atoms with E-state index in [-0.39, 0.29) is 43.2 Å². The molecule has 2 amide bonds. The number of benzene rings is 1. The molecule has 22 heavy (non-hydrogen) atoms. The van der Waals surface area contributed by atoms with Gasteiger partial charge < -0.3 is 15.5 Å². The molecular weight excluding hydrogens is 325 g/mol. The van der Waals surface area contributed by atoms with Gasteiger partial charge in [-0.1, -0.05) is 23.7 Å². The van der Waals surface area contributed by atoms with E-state index in [2.05, 4.69) is 0 Å². The lowest BCUT2D eigenvalue weighted by Gasteiger charge is -2.34. The summed E-state index contributed by atoms with van der Waals surface area (Å²) in [6, 6.07) is 7.25. The van der Waals surface area contributed by atoms with Gasteiger partial charge in [0.25, 0.3) is 0 Å². The monoisotopic (exact) mass is 345 g/mol. The highest BCUT2D eigenvalue weighted by atomic mass is 35.5. The third-order valence-electron chi connectivity index (χ3n) is 3.45. The second-order valence-corrected chi connectivity index (χ2v) is 5.87. The standard InChI is InChI=1S/C15H20ClN3O2.ClH/c1-11(17)8-14(20)19-7-6-18(15(21)10-19)9-12-2-4-13(16)5-3-12;/h2-5,11H,6-10,17H2,1H3;1H. The number of halogens is 2. The Morgan fingerprint density at radius 1 is 1.32 bits per heavy atom. The minimum atomic E-state index is -0.181. The largest absolute Gasteiger partial charge is 0.335 e. The van der Waals surface area contributed by atoms with Crippen LogP contribution >= 0.6 is 24.0 Å². The van der Waals surface area contributed by atoms with E-state index in [1.54, 1.807) is 16.7 Å². The Kier molecular flexibility index (Phi) is 7.13. The highest BCUT2D eigenvalue weighted by Gasteiger charge is 2.27. The molecule has 1 unspecified atom stereocenters. The van der Waals surface area contributed by atoms with Crippen LogP contribution in [0.1, 0.15) is 18.9 Å². The lowest BCUT2D eigenvalue weighted by Crippen LogP contribution is -2.52. The Morgan fingerprint density at radius 2 is 1.95 bits per heavy atom. The molecule has 1 saturated heterocycles. The van der Waals surface area contributed by atoms with Crippen LogP contribution < -0.4 is 5.73 Å². The molecule has 2 N–H and O–H groups in total. The van der Waals surface area contributed by atoms with Gasteiger partial charge in [0.2, 0.25) is 11.8 Å². The van der Waals surface area contributed by atoms with E-state index in [1.165, 1.54) is 0 Å². The van der Waals surface area contributed by atoms with Crippen molar-refractivity contribution in [1.82, 2.24) is 9.80 Å². The first-order chi connectivity index (χ1) is 9.95. The van der Waals surface area contributed by atoms with E-state index in [1.807, 2.05) is 24.3 Å². The predicted molar refractivity (Wildman–Crippen MR) is 89.0 cm³/mol. The summed E-state index contributed by atoms with van der Waals surface area (Å²) < 4.78 is 0. The third kappa shape index (κ3) is 5.16. The molecule has 0 radical (unpaired) electrons. The van der Waals surface area contributed by atoms with Gasteiger partial charge in [-0.3, -0.25) is 9.59 Å². The molecule has 0 saturated carbocycles. The van der Waals surface area contributed by atoms with E-state index in [0.717, 1.165) is 5.56 Å². The van der Waals surface area contributed by atoms with Crippen molar-refractivity contribution < 1.29 is 9.59 Å². The van der Waals surface area contributed by atoms with Gasteiger partial charge in [0.05, 0.1) is 6.54 Å². The van der Waals surface area contributed by atoms with Crippen LogP contribution in [0.5, 0.6) is 0 Å². The lowest BCUT2D eigenvalue weighted by molar-refractivity contribution is -0.145. The Morgan fingerprint density at radius 3 is 2.50 bits per heavy atom. The maximum atomic E-state index is 12.1. The summed E-state index contributed by atoms with van der Waals surface area (Å²) >= 11 is 5.84. The van der Waals surface area contributed by atoms with Crippen molar-refractivity contribution in [3.8, 4) is 0 Å². The number of carbonyl (C=O) groups excluding carboxylic acids is 2. The van der Waals surface area contributed by atoms with Crippen LogP contribution in [0.3, 0.4) is 0 Å². The number of hydrogen-bond acceptors (Lipinski definition) is 3. The number of piperazine rings is 1. The van der Waals surface area contributed by atoms with Crippen LogP contribution in [0.15, 0.2) is 24.3 Å². The van der Waals surface area contributed by atoms with Crippen molar-refractivity contribution in [2.24, 2.45) is 5.73 Å². The number of nitrogens with two attached hydrogens (primary N) is 1. The van der Waals surface area contributed by atoms with Gasteiger partial charge in [-0.2, -0.15) is 0 Å². The molecule has 1 aliphatic rings. The Balaban J connectivity index is 0.00000242. The molecule has 0 bridgehead atoms. The van der Waals surface area contributed by atoms with Crippen molar-refractivity contribution in [2.75, 3.05) is 19.6 Å². The van der Waals surface area contributed by atoms with Gasteiger partial charge in [-0.25, -0.2) is 0 Å². The van der Waals surface area contributed by atoms with Crippen molar-refractivity contribution in [2.45, 2.75) is 25.9 Å². The molecule has 0 aromatic heterocycles. The molecule has 0 aliphatic carbocycles. The maximum absolute atomic E-state index is 12.1. The van der Waals surface area contributed by atoms with Gasteiger partial charge in [0, 0.05) is 37.1 Å². The molecule has 1 heterocycles. The zero-order chi connectivity index (χ0) is 15.4. The maximum Gasteiger partial charge on any atom is 0.242 e. The van der Waals surface area contributed by atoms with Crippen molar-refractivity contribution in [3.63, 3.8) is 0 Å². The summed E-state index contributed by atoms with van der Waals surface area (Å²) in [5, 5.41) is 0.677. The smallest absolute Gasteiger partial charge is 0.242 e. The summed E-state index contributed by atoms with van der Waals surface area (Å²) in [7, 11) is 0. The van der Waals surface area contributed by atoms with E-state index in [9.17, 15) is 9.59 Å². The Bertz CT molecular complexity index is 520. The van der Waals surface area contributed by atoms with Gasteiger partial charge in [0.15, 0.2) is 0 Å². The number of carbonyl (C=O) groups is 2. The molecular formula is C15H21Cl2N3O2. The molecule has 1 fully saturated rings. The average molecular weight is 346 g/mol. The topological polar surface area (TPSA) is 66.6 Å². The molecule has 1 aromatic carbocycles. The van der Waals surface area contributed by atoms with Gasteiger partial charge in [0.1, 0.15) is 0 Å². The summed E-state index contributed by atoms with van der Waals surface area (Å²) in [6.07, 6.45) is 0.282. The molecule has 1 atom stereocenters. The van der Waals surface area contributed by atoms with Crippen LogP contribution in [0, 0.1) is 0 Å². The van der Waals surface area contributed by atoms with Crippen LogP contribution in [0.4, 0.5) is 0 Å². The number of rotatable bonds is 4. The number of amides is 2. The summed E-state index contributed by atoms with van der Waals surface area (Å²) in [4.78, 5) is 27.4. The lowest BCUT2D eigenvalue weighted by atomic mass is 10.1. The first-order valence-electron chi connectivity index (χ1n) is 7.01. The first kappa shape index (κ1) is 18.7. The number of nitrogens with zero attached hydrogens (tertiary/aromatic N) is 2. The number of hydrogen-bond donors (Lipinski definition) is 1. The third-order valence-corrected chi connectivity index (χ3v) is 3.71. The minimum Gasteiger partial charge on any atom is -0.335 e. The molecule has 122 valence electrons. The van der Waals surface area contributed by atoms with Gasteiger partial charge in [-0.05, 0) is 24.6 Å². The van der Waals surface area contributed by atoms with Crippen LogP contribution in [-0.4, -0.2) is 47.3 Å². The average Bonchev–Trinajstić information content (AvgIpc) is 2.42. The fourth-order valence-corrected chi connectivity index (χ4v) is 2.43. The normalized spacial score (nSPS) is 16.2. The predicted octanol–water partition coefficient (Wildman–Crippen LogP) is 1.67. The molecule has 2 rings (SSSR count).